The summed E-state index contributed by atoms with van der Waals surface area (Å²) in [7, 11) is 1.47. The average molecular weight is 921 g/mol. The van der Waals surface area contributed by atoms with Crippen LogP contribution in [0, 0.1) is 0 Å². The second kappa shape index (κ2) is 24.0. The molecule has 2 aromatic heterocycles. The number of alkyl halides is 1. The van der Waals surface area contributed by atoms with E-state index in [4.69, 9.17) is 23.7 Å². The third-order valence-corrected chi connectivity index (χ3v) is 11.5. The standard InChI is InChI=1S/C45H57FN8O10S/c1-45(2,38(46)26-49-42(57)32-25-48-39(24-35(32)51-30-7-8-30)52-31-9-10-33-37(23-31)65-28-50-33)64-22-21-63-20-19-62-18-17-61-16-15-60-14-13-47-34-6-4-5-29(27-55)41(34)44(59)54(3)36-11-12-40(56)53-43(36)58/h4-6,9-10,23-25,27-28,30,36,38,47H,7-8,11-22,26H2,1-3H3,(H,49,57)(H2,48,51,52)(H,53,56,58). The number of fused-ring (bicyclic) bond motifs is 1. The molecule has 1 aliphatic carbocycles. The molecule has 1 saturated heterocycles. The number of aromatic nitrogens is 2. The Morgan fingerprint density at radius 1 is 0.938 bits per heavy atom. The number of ether oxygens (including phenoxy) is 5. The smallest absolute Gasteiger partial charge is 0.257 e. The number of nitrogens with zero attached hydrogens (tertiary/aromatic N) is 3. The number of hydrogen-bond acceptors (Lipinski definition) is 16. The lowest BCUT2D eigenvalue weighted by Crippen LogP contribution is -2.53. The fraction of sp³-hybridized carbons (Fsp3) is 0.489. The predicted octanol–water partition coefficient (Wildman–Crippen LogP) is 4.74. The van der Waals surface area contributed by atoms with Gasteiger partial charge in [-0.2, -0.15) is 0 Å². The van der Waals surface area contributed by atoms with E-state index in [2.05, 4.69) is 36.6 Å². The first-order valence-electron chi connectivity index (χ1n) is 21.6. The van der Waals surface area contributed by atoms with Gasteiger partial charge in [0, 0.05) is 55.3 Å². The van der Waals surface area contributed by atoms with Crippen molar-refractivity contribution >= 4 is 74.3 Å². The molecule has 1 saturated carbocycles. The lowest BCUT2D eigenvalue weighted by atomic mass is 10.0. The van der Waals surface area contributed by atoms with Gasteiger partial charge in [-0.3, -0.25) is 29.3 Å². The van der Waals surface area contributed by atoms with Crippen molar-refractivity contribution in [3.8, 4) is 0 Å². The summed E-state index contributed by atoms with van der Waals surface area (Å²) in [6, 6.07) is 11.9. The molecular weight excluding hydrogens is 864 g/mol. The van der Waals surface area contributed by atoms with Crippen molar-refractivity contribution in [2.45, 2.75) is 63.4 Å². The monoisotopic (exact) mass is 920 g/mol. The Bertz CT molecular complexity index is 2260. The largest absolute Gasteiger partial charge is 0.382 e. The summed E-state index contributed by atoms with van der Waals surface area (Å²) < 4.78 is 44.5. The Morgan fingerprint density at radius 2 is 1.65 bits per heavy atom. The summed E-state index contributed by atoms with van der Waals surface area (Å²) in [4.78, 5) is 72.3. The van der Waals surface area contributed by atoms with E-state index < -0.39 is 35.5 Å². The van der Waals surface area contributed by atoms with E-state index in [1.54, 1.807) is 48.9 Å². The van der Waals surface area contributed by atoms with Gasteiger partial charge >= 0.3 is 0 Å². The fourth-order valence-electron chi connectivity index (χ4n) is 6.77. The molecule has 2 aliphatic rings. The van der Waals surface area contributed by atoms with Gasteiger partial charge in [0.1, 0.15) is 18.0 Å². The van der Waals surface area contributed by atoms with Gasteiger partial charge in [-0.1, -0.05) is 12.1 Å². The summed E-state index contributed by atoms with van der Waals surface area (Å²) in [5.41, 5.74) is 4.07. The van der Waals surface area contributed by atoms with Crippen LogP contribution in [0.2, 0.25) is 0 Å². The van der Waals surface area contributed by atoms with Crippen LogP contribution in [-0.4, -0.2) is 148 Å². The van der Waals surface area contributed by atoms with Crippen molar-refractivity contribution in [1.29, 1.82) is 0 Å². The van der Waals surface area contributed by atoms with E-state index in [-0.39, 0.29) is 55.7 Å². The minimum absolute atomic E-state index is 0.120. The molecule has 5 N–H and O–H groups in total. The Balaban J connectivity index is 0.785. The van der Waals surface area contributed by atoms with Crippen LogP contribution >= 0.6 is 11.3 Å². The molecule has 65 heavy (non-hydrogen) atoms. The molecule has 0 spiro atoms. The Morgan fingerprint density at radius 3 is 2.34 bits per heavy atom. The topological polar surface area (TPSA) is 221 Å². The molecule has 0 radical (unpaired) electrons. The number of nitrogens with one attached hydrogen (secondary N) is 5. The highest BCUT2D eigenvalue weighted by atomic mass is 32.1. The lowest BCUT2D eigenvalue weighted by molar-refractivity contribution is -0.136. The average Bonchev–Trinajstić information content (AvgIpc) is 3.99. The van der Waals surface area contributed by atoms with E-state index in [1.165, 1.54) is 24.2 Å². The first-order valence-corrected chi connectivity index (χ1v) is 22.5. The molecule has 6 rings (SSSR count). The maximum atomic E-state index is 15.4. The van der Waals surface area contributed by atoms with Crippen LogP contribution in [0.1, 0.15) is 70.6 Å². The molecule has 2 fully saturated rings. The summed E-state index contributed by atoms with van der Waals surface area (Å²) in [6.45, 7) is 6.01. The number of imide groups is 1. The second-order valence-electron chi connectivity index (χ2n) is 16.0. The van der Waals surface area contributed by atoms with Gasteiger partial charge in [-0.05, 0) is 57.4 Å². The van der Waals surface area contributed by atoms with E-state index in [0.717, 1.165) is 28.7 Å². The number of carbonyl (C=O) groups excluding carboxylic acids is 5. The molecule has 2 unspecified atom stereocenters. The molecule has 4 aromatic rings. The minimum atomic E-state index is -1.49. The number of thiazole rings is 1. The van der Waals surface area contributed by atoms with Crippen molar-refractivity contribution in [2.75, 3.05) is 95.5 Å². The molecule has 20 heteroatoms. The van der Waals surface area contributed by atoms with Gasteiger partial charge < -0.3 is 49.9 Å². The first-order chi connectivity index (χ1) is 31.4. The van der Waals surface area contributed by atoms with E-state index in [9.17, 15) is 24.0 Å². The fourth-order valence-corrected chi connectivity index (χ4v) is 7.49. The Hall–Kier alpha value is -5.64. The highest BCUT2D eigenvalue weighted by Gasteiger charge is 2.34. The van der Waals surface area contributed by atoms with Crippen LogP contribution in [0.25, 0.3) is 10.2 Å². The number of carbonyl (C=O) groups is 5. The molecule has 3 heterocycles. The van der Waals surface area contributed by atoms with Crippen molar-refractivity contribution in [1.82, 2.24) is 25.5 Å². The summed E-state index contributed by atoms with van der Waals surface area (Å²) in [6.07, 6.45) is 2.92. The van der Waals surface area contributed by atoms with Crippen LogP contribution in [0.5, 0.6) is 0 Å². The van der Waals surface area contributed by atoms with Gasteiger partial charge in [0.05, 0.1) is 104 Å². The third kappa shape index (κ3) is 14.4. The molecule has 4 amide bonds. The number of pyridine rings is 1. The number of aldehydes is 1. The first kappa shape index (κ1) is 48.8. The second-order valence-corrected chi connectivity index (χ2v) is 16.9. The number of benzene rings is 2. The van der Waals surface area contributed by atoms with Gasteiger partial charge in [-0.25, -0.2) is 14.4 Å². The summed E-state index contributed by atoms with van der Waals surface area (Å²) in [5, 5.41) is 14.8. The van der Waals surface area contributed by atoms with Crippen LogP contribution in [-0.2, 0) is 33.3 Å². The molecule has 350 valence electrons. The zero-order valence-corrected chi connectivity index (χ0v) is 37.6. The number of likely N-dealkylation sites (N-methyl/N-ethyl adjacent to an activating group) is 1. The van der Waals surface area contributed by atoms with Gasteiger partial charge in [0.25, 0.3) is 11.8 Å². The van der Waals surface area contributed by atoms with Crippen molar-refractivity contribution < 1.29 is 52.0 Å². The molecule has 2 aromatic carbocycles. The van der Waals surface area contributed by atoms with Crippen LogP contribution in [0.3, 0.4) is 0 Å². The van der Waals surface area contributed by atoms with E-state index in [1.807, 2.05) is 18.2 Å². The van der Waals surface area contributed by atoms with Crippen LogP contribution in [0.15, 0.2) is 54.2 Å². The van der Waals surface area contributed by atoms with Crippen molar-refractivity contribution in [3.63, 3.8) is 0 Å². The highest BCUT2D eigenvalue weighted by Crippen LogP contribution is 2.30. The lowest BCUT2D eigenvalue weighted by Gasteiger charge is -2.30. The van der Waals surface area contributed by atoms with Crippen LogP contribution in [0.4, 0.5) is 27.3 Å². The molecule has 1 aliphatic heterocycles. The zero-order valence-electron chi connectivity index (χ0n) is 36.8. The van der Waals surface area contributed by atoms with Crippen LogP contribution < -0.4 is 26.6 Å². The number of hydrogen-bond donors (Lipinski definition) is 5. The zero-order chi connectivity index (χ0) is 46.2. The maximum Gasteiger partial charge on any atom is 0.257 e. The van der Waals surface area contributed by atoms with Gasteiger partial charge in [0.15, 0.2) is 6.29 Å². The highest BCUT2D eigenvalue weighted by molar-refractivity contribution is 7.16. The predicted molar refractivity (Wildman–Crippen MR) is 243 cm³/mol. The normalized spacial score (nSPS) is 15.6. The Kier molecular flexibility index (Phi) is 18.1. The summed E-state index contributed by atoms with van der Waals surface area (Å²) in [5.74, 6) is -1.31. The minimum Gasteiger partial charge on any atom is -0.382 e. The quantitative estimate of drug-likeness (QED) is 0.0295. The molecule has 18 nitrogen and oxygen atoms in total. The SMILES string of the molecule is CN(C(=O)c1c(C=O)cccc1NCCOCCOCCOCCOCCOC(C)(C)C(F)CNC(=O)c1cnc(Nc2ccc3ncsc3c2)cc1NC1CC1)C1CCC(=O)NC1=O. The number of piperidine rings is 1. The van der Waals surface area contributed by atoms with E-state index >= 15 is 4.39 Å². The number of anilines is 4. The Labute approximate surface area is 380 Å². The molecular formula is C45H57FN8O10S. The molecule has 2 atom stereocenters. The van der Waals surface area contributed by atoms with Crippen molar-refractivity contribution in [2.24, 2.45) is 0 Å². The maximum absolute atomic E-state index is 15.4. The van der Waals surface area contributed by atoms with Crippen molar-refractivity contribution in [3.05, 3.63) is 70.9 Å². The molecule has 0 bridgehead atoms. The van der Waals surface area contributed by atoms with Gasteiger partial charge in [0.2, 0.25) is 11.8 Å². The summed E-state index contributed by atoms with van der Waals surface area (Å²) >= 11 is 1.55. The number of amides is 4. The van der Waals surface area contributed by atoms with Gasteiger partial charge in [-0.15, -0.1) is 11.3 Å². The number of rotatable bonds is 28. The third-order valence-electron chi connectivity index (χ3n) is 10.7. The van der Waals surface area contributed by atoms with E-state index in [0.29, 0.717) is 81.8 Å². The number of halogens is 1.